The van der Waals surface area contributed by atoms with Gasteiger partial charge in [0.1, 0.15) is 4.70 Å². The molecule has 0 radical (unpaired) electrons. The number of aromatic nitrogens is 2. The third-order valence-electron chi connectivity index (χ3n) is 2.75. The van der Waals surface area contributed by atoms with Gasteiger partial charge in [0, 0.05) is 11.4 Å². The van der Waals surface area contributed by atoms with E-state index >= 15 is 0 Å². The Morgan fingerprint density at radius 3 is 2.94 bits per heavy atom. The van der Waals surface area contributed by atoms with Crippen molar-refractivity contribution in [2.24, 2.45) is 0 Å². The first-order chi connectivity index (χ1) is 8.75. The van der Waals surface area contributed by atoms with Gasteiger partial charge in [0.05, 0.1) is 5.52 Å². The Balaban J connectivity index is 2.01. The van der Waals surface area contributed by atoms with Gasteiger partial charge in [-0.3, -0.25) is 9.36 Å². The standard InChI is InChI=1S/C12H10N2OS3/c15-11-10-9(4-7-18-10)13-12(16)14(11)5-3-8-2-1-6-17-8/h1-2,4,6-7H,3,5H2,(H,13,16). The Bertz CT molecular complexity index is 780. The number of rotatable bonds is 3. The lowest BCUT2D eigenvalue weighted by Gasteiger charge is -2.05. The van der Waals surface area contributed by atoms with Crippen molar-refractivity contribution in [2.75, 3.05) is 0 Å². The smallest absolute Gasteiger partial charge is 0.272 e. The van der Waals surface area contributed by atoms with Crippen LogP contribution in [-0.2, 0) is 13.0 Å². The molecule has 3 heterocycles. The molecule has 3 nitrogen and oxygen atoms in total. The van der Waals surface area contributed by atoms with E-state index in [9.17, 15) is 4.79 Å². The predicted molar refractivity (Wildman–Crippen MR) is 79.3 cm³/mol. The maximum atomic E-state index is 12.3. The van der Waals surface area contributed by atoms with E-state index in [0.29, 0.717) is 11.3 Å². The van der Waals surface area contributed by atoms with Gasteiger partial charge in [-0.05, 0) is 41.5 Å². The summed E-state index contributed by atoms with van der Waals surface area (Å²) in [4.78, 5) is 16.6. The molecule has 6 heteroatoms. The molecule has 0 saturated carbocycles. The van der Waals surface area contributed by atoms with Crippen molar-refractivity contribution in [3.63, 3.8) is 0 Å². The third kappa shape index (κ3) is 2.07. The molecule has 92 valence electrons. The van der Waals surface area contributed by atoms with E-state index in [0.717, 1.165) is 16.6 Å². The topological polar surface area (TPSA) is 37.8 Å². The van der Waals surface area contributed by atoms with E-state index in [4.69, 9.17) is 12.2 Å². The summed E-state index contributed by atoms with van der Waals surface area (Å²) < 4.78 is 2.89. The minimum Gasteiger partial charge on any atom is -0.331 e. The molecule has 0 saturated heterocycles. The van der Waals surface area contributed by atoms with Crippen molar-refractivity contribution in [3.8, 4) is 0 Å². The molecule has 0 atom stereocenters. The molecular formula is C12H10N2OS3. The van der Waals surface area contributed by atoms with E-state index in [2.05, 4.69) is 11.1 Å². The summed E-state index contributed by atoms with van der Waals surface area (Å²) >= 11 is 8.40. The monoisotopic (exact) mass is 294 g/mol. The van der Waals surface area contributed by atoms with E-state index < -0.39 is 0 Å². The fraction of sp³-hybridized carbons (Fsp3) is 0.167. The molecule has 3 aromatic heterocycles. The highest BCUT2D eigenvalue weighted by atomic mass is 32.1. The fourth-order valence-electron chi connectivity index (χ4n) is 1.85. The number of H-pyrrole nitrogens is 1. The number of hydrogen-bond donors (Lipinski definition) is 1. The van der Waals surface area contributed by atoms with Crippen molar-refractivity contribution in [2.45, 2.75) is 13.0 Å². The number of aromatic amines is 1. The predicted octanol–water partition coefficient (Wildman–Crippen LogP) is 3.42. The number of nitrogens with zero attached hydrogens (tertiary/aromatic N) is 1. The van der Waals surface area contributed by atoms with E-state index in [1.807, 2.05) is 22.9 Å². The summed E-state index contributed by atoms with van der Waals surface area (Å²) in [6.45, 7) is 0.628. The molecule has 0 bridgehead atoms. The molecule has 3 aromatic rings. The van der Waals surface area contributed by atoms with Crippen molar-refractivity contribution < 1.29 is 0 Å². The first-order valence-electron chi connectivity index (χ1n) is 5.48. The fourth-order valence-corrected chi connectivity index (χ4v) is 3.63. The molecular weight excluding hydrogens is 284 g/mol. The highest BCUT2D eigenvalue weighted by Gasteiger charge is 2.06. The minimum atomic E-state index is 0.0142. The Hall–Kier alpha value is -1.24. The molecule has 0 aromatic carbocycles. The molecule has 0 spiro atoms. The lowest BCUT2D eigenvalue weighted by molar-refractivity contribution is 0.658. The first kappa shape index (κ1) is 11.8. The second kappa shape index (κ2) is 4.79. The SMILES string of the molecule is O=c1c2sccc2[nH]c(=S)n1CCc1cccs1. The van der Waals surface area contributed by atoms with E-state index in [1.54, 1.807) is 15.9 Å². The first-order valence-corrected chi connectivity index (χ1v) is 7.65. The summed E-state index contributed by atoms with van der Waals surface area (Å²) in [6.07, 6.45) is 0.839. The quantitative estimate of drug-likeness (QED) is 0.752. The van der Waals surface area contributed by atoms with Crippen LogP contribution >= 0.6 is 34.9 Å². The molecule has 18 heavy (non-hydrogen) atoms. The Kier molecular flexibility index (Phi) is 3.15. The number of nitrogens with one attached hydrogen (secondary N) is 1. The van der Waals surface area contributed by atoms with Crippen molar-refractivity contribution in [3.05, 3.63) is 49.0 Å². The number of thiophene rings is 2. The Labute approximate surface area is 116 Å². The normalized spacial score (nSPS) is 11.1. The van der Waals surface area contributed by atoms with Crippen LogP contribution in [0.3, 0.4) is 0 Å². The molecule has 0 amide bonds. The minimum absolute atomic E-state index is 0.0142. The van der Waals surface area contributed by atoms with Gasteiger partial charge in [0.15, 0.2) is 4.77 Å². The number of aryl methyl sites for hydroxylation is 1. The van der Waals surface area contributed by atoms with Crippen molar-refractivity contribution >= 4 is 45.1 Å². The largest absolute Gasteiger partial charge is 0.331 e. The van der Waals surface area contributed by atoms with Crippen molar-refractivity contribution in [1.29, 1.82) is 0 Å². The van der Waals surface area contributed by atoms with Crippen LogP contribution in [0.15, 0.2) is 33.8 Å². The van der Waals surface area contributed by atoms with Crippen LogP contribution in [0.5, 0.6) is 0 Å². The summed E-state index contributed by atoms with van der Waals surface area (Å²) in [5, 5.41) is 3.95. The van der Waals surface area contributed by atoms with Gasteiger partial charge in [-0.15, -0.1) is 22.7 Å². The zero-order valence-corrected chi connectivity index (χ0v) is 11.8. The molecule has 0 unspecified atom stereocenters. The summed E-state index contributed by atoms with van der Waals surface area (Å²) in [7, 11) is 0. The molecule has 0 aliphatic carbocycles. The highest BCUT2D eigenvalue weighted by molar-refractivity contribution is 7.71. The summed E-state index contributed by atoms with van der Waals surface area (Å²) in [6, 6.07) is 5.99. The average Bonchev–Trinajstić information content (AvgIpc) is 2.98. The van der Waals surface area contributed by atoms with Crippen LogP contribution in [0.1, 0.15) is 4.88 Å². The Morgan fingerprint density at radius 2 is 2.17 bits per heavy atom. The molecule has 0 fully saturated rings. The van der Waals surface area contributed by atoms with E-state index in [1.165, 1.54) is 16.2 Å². The lowest BCUT2D eigenvalue weighted by atomic mass is 10.3. The van der Waals surface area contributed by atoms with Crippen molar-refractivity contribution in [1.82, 2.24) is 9.55 Å². The zero-order chi connectivity index (χ0) is 12.5. The molecule has 1 N–H and O–H groups in total. The van der Waals surface area contributed by atoms with Gasteiger partial charge in [-0.1, -0.05) is 6.07 Å². The average molecular weight is 294 g/mol. The van der Waals surface area contributed by atoms with Crippen LogP contribution in [0.4, 0.5) is 0 Å². The zero-order valence-electron chi connectivity index (χ0n) is 9.38. The molecule has 0 aliphatic rings. The van der Waals surface area contributed by atoms with Crippen LogP contribution in [0, 0.1) is 4.77 Å². The van der Waals surface area contributed by atoms with Gasteiger partial charge in [0.2, 0.25) is 0 Å². The van der Waals surface area contributed by atoms with Gasteiger partial charge in [0.25, 0.3) is 5.56 Å². The Morgan fingerprint density at radius 1 is 1.28 bits per heavy atom. The number of hydrogen-bond acceptors (Lipinski definition) is 4. The van der Waals surface area contributed by atoms with Crippen LogP contribution in [0.2, 0.25) is 0 Å². The van der Waals surface area contributed by atoms with Crippen LogP contribution in [0.25, 0.3) is 10.2 Å². The van der Waals surface area contributed by atoms with Gasteiger partial charge in [-0.25, -0.2) is 0 Å². The van der Waals surface area contributed by atoms with Crippen LogP contribution in [-0.4, -0.2) is 9.55 Å². The number of fused-ring (bicyclic) bond motifs is 1. The second-order valence-corrected chi connectivity index (χ2v) is 6.21. The molecule has 0 aliphatic heterocycles. The lowest BCUT2D eigenvalue weighted by Crippen LogP contribution is -2.22. The van der Waals surface area contributed by atoms with Gasteiger partial charge >= 0.3 is 0 Å². The van der Waals surface area contributed by atoms with Crippen LogP contribution < -0.4 is 5.56 Å². The second-order valence-electron chi connectivity index (χ2n) is 3.88. The molecule has 3 rings (SSSR count). The van der Waals surface area contributed by atoms with E-state index in [-0.39, 0.29) is 5.56 Å². The summed E-state index contributed by atoms with van der Waals surface area (Å²) in [5.41, 5.74) is 0.850. The third-order valence-corrected chi connectivity index (χ3v) is 4.91. The van der Waals surface area contributed by atoms with Gasteiger partial charge < -0.3 is 4.98 Å². The highest BCUT2D eigenvalue weighted by Crippen LogP contribution is 2.15. The maximum Gasteiger partial charge on any atom is 0.272 e. The van der Waals surface area contributed by atoms with Gasteiger partial charge in [-0.2, -0.15) is 0 Å². The maximum absolute atomic E-state index is 12.3. The summed E-state index contributed by atoms with van der Waals surface area (Å²) in [5.74, 6) is 0.